The van der Waals surface area contributed by atoms with E-state index >= 15 is 0 Å². The largest absolute Gasteiger partial charge is 0.349 e. The lowest BCUT2D eigenvalue weighted by Crippen LogP contribution is -2.41. The zero-order valence-electron chi connectivity index (χ0n) is 12.8. The van der Waals surface area contributed by atoms with E-state index in [1.165, 1.54) is 6.92 Å². The van der Waals surface area contributed by atoms with E-state index in [4.69, 9.17) is 5.14 Å². The summed E-state index contributed by atoms with van der Waals surface area (Å²) in [6, 6.07) is 1.75. The maximum atomic E-state index is 13.9. The van der Waals surface area contributed by atoms with Crippen molar-refractivity contribution in [2.75, 3.05) is 0 Å². The SMILES string of the molecule is Cc1cc(F)c(C(=O)NC(C)C(C)(C)C)cc1S(N)(=O)=O. The Hall–Kier alpha value is -1.47. The summed E-state index contributed by atoms with van der Waals surface area (Å²) in [6.45, 7) is 9.00. The molecule has 118 valence electrons. The number of sulfonamides is 1. The molecule has 0 saturated carbocycles. The van der Waals surface area contributed by atoms with Gasteiger partial charge in [-0.05, 0) is 37.0 Å². The van der Waals surface area contributed by atoms with Crippen LogP contribution in [0.5, 0.6) is 0 Å². The molecule has 7 heteroatoms. The highest BCUT2D eigenvalue weighted by atomic mass is 32.2. The quantitative estimate of drug-likeness (QED) is 0.893. The number of aryl methyl sites for hydroxylation is 1. The van der Waals surface area contributed by atoms with Crippen molar-refractivity contribution < 1.29 is 17.6 Å². The average Bonchev–Trinajstić information content (AvgIpc) is 2.25. The minimum Gasteiger partial charge on any atom is -0.349 e. The van der Waals surface area contributed by atoms with Gasteiger partial charge in [0.2, 0.25) is 10.0 Å². The van der Waals surface area contributed by atoms with E-state index in [9.17, 15) is 17.6 Å². The van der Waals surface area contributed by atoms with Gasteiger partial charge in [-0.15, -0.1) is 0 Å². The summed E-state index contributed by atoms with van der Waals surface area (Å²) in [4.78, 5) is 11.9. The normalized spacial score (nSPS) is 13.9. The van der Waals surface area contributed by atoms with E-state index in [1.54, 1.807) is 6.92 Å². The first-order valence-electron chi connectivity index (χ1n) is 6.48. The van der Waals surface area contributed by atoms with Crippen LogP contribution >= 0.6 is 0 Å². The van der Waals surface area contributed by atoms with Gasteiger partial charge in [-0.1, -0.05) is 20.8 Å². The molecule has 0 aliphatic rings. The number of nitrogens with two attached hydrogens (primary N) is 1. The van der Waals surface area contributed by atoms with Crippen LogP contribution < -0.4 is 10.5 Å². The van der Waals surface area contributed by atoms with E-state index in [0.717, 1.165) is 12.1 Å². The summed E-state index contributed by atoms with van der Waals surface area (Å²) in [5.74, 6) is -1.45. The van der Waals surface area contributed by atoms with Gasteiger partial charge in [0.05, 0.1) is 10.5 Å². The maximum Gasteiger partial charge on any atom is 0.254 e. The van der Waals surface area contributed by atoms with E-state index in [2.05, 4.69) is 5.32 Å². The van der Waals surface area contributed by atoms with Gasteiger partial charge in [-0.3, -0.25) is 4.79 Å². The molecule has 0 saturated heterocycles. The topological polar surface area (TPSA) is 89.3 Å². The molecule has 0 aliphatic carbocycles. The van der Waals surface area contributed by atoms with Gasteiger partial charge < -0.3 is 5.32 Å². The van der Waals surface area contributed by atoms with Crippen molar-refractivity contribution in [3.05, 3.63) is 29.1 Å². The molecule has 0 aliphatic heterocycles. The number of hydrogen-bond acceptors (Lipinski definition) is 3. The van der Waals surface area contributed by atoms with Crippen LogP contribution in [0.15, 0.2) is 17.0 Å². The second-order valence-electron chi connectivity index (χ2n) is 6.20. The van der Waals surface area contributed by atoms with Crippen molar-refractivity contribution in [1.29, 1.82) is 0 Å². The van der Waals surface area contributed by atoms with Crippen molar-refractivity contribution in [3.63, 3.8) is 0 Å². The van der Waals surface area contributed by atoms with Crippen molar-refractivity contribution in [1.82, 2.24) is 5.32 Å². The van der Waals surface area contributed by atoms with Crippen molar-refractivity contribution in [3.8, 4) is 0 Å². The number of benzene rings is 1. The van der Waals surface area contributed by atoms with Gasteiger partial charge in [-0.25, -0.2) is 17.9 Å². The Morgan fingerprint density at radius 2 is 1.86 bits per heavy atom. The molecule has 3 N–H and O–H groups in total. The molecule has 0 bridgehead atoms. The van der Waals surface area contributed by atoms with Gasteiger partial charge >= 0.3 is 0 Å². The third-order valence-corrected chi connectivity index (χ3v) is 4.52. The van der Waals surface area contributed by atoms with Crippen molar-refractivity contribution in [2.45, 2.75) is 45.6 Å². The van der Waals surface area contributed by atoms with E-state index in [1.807, 2.05) is 20.8 Å². The molecule has 0 radical (unpaired) electrons. The second kappa shape index (κ2) is 5.73. The maximum absolute atomic E-state index is 13.9. The number of halogens is 1. The monoisotopic (exact) mass is 316 g/mol. The Balaban J connectivity index is 3.23. The van der Waals surface area contributed by atoms with Crippen LogP contribution in [0, 0.1) is 18.2 Å². The molecular weight excluding hydrogens is 295 g/mol. The van der Waals surface area contributed by atoms with Gasteiger partial charge in [0.25, 0.3) is 5.91 Å². The number of hydrogen-bond donors (Lipinski definition) is 2. The lowest BCUT2D eigenvalue weighted by atomic mass is 9.88. The van der Waals surface area contributed by atoms with Crippen LogP contribution in [-0.4, -0.2) is 20.4 Å². The Kier molecular flexibility index (Phi) is 4.80. The fourth-order valence-electron chi connectivity index (χ4n) is 1.62. The lowest BCUT2D eigenvalue weighted by molar-refractivity contribution is 0.0905. The van der Waals surface area contributed by atoms with Gasteiger partial charge in [0.15, 0.2) is 0 Å². The fraction of sp³-hybridized carbons (Fsp3) is 0.500. The van der Waals surface area contributed by atoms with Crippen LogP contribution in [0.4, 0.5) is 4.39 Å². The van der Waals surface area contributed by atoms with Crippen molar-refractivity contribution >= 4 is 15.9 Å². The summed E-state index contributed by atoms with van der Waals surface area (Å²) in [5, 5.41) is 7.73. The molecule has 1 amide bonds. The summed E-state index contributed by atoms with van der Waals surface area (Å²) >= 11 is 0. The molecule has 1 rings (SSSR count). The molecule has 1 aromatic rings. The highest BCUT2D eigenvalue weighted by molar-refractivity contribution is 7.89. The molecule has 5 nitrogen and oxygen atoms in total. The third-order valence-electron chi connectivity index (χ3n) is 3.46. The van der Waals surface area contributed by atoms with Crippen LogP contribution in [-0.2, 0) is 10.0 Å². The molecule has 0 spiro atoms. The molecule has 1 unspecified atom stereocenters. The first kappa shape index (κ1) is 17.6. The number of carbonyl (C=O) groups excluding carboxylic acids is 1. The molecule has 21 heavy (non-hydrogen) atoms. The first-order valence-corrected chi connectivity index (χ1v) is 8.02. The standard InChI is InChI=1S/C14H21FN2O3S/c1-8-6-11(15)10(7-12(8)21(16,19)20)13(18)17-9(2)14(3,4)5/h6-7,9H,1-5H3,(H,17,18)(H2,16,19,20). The Morgan fingerprint density at radius 3 is 2.29 bits per heavy atom. The van der Waals surface area contributed by atoms with Crippen LogP contribution in [0.2, 0.25) is 0 Å². The number of nitrogens with one attached hydrogen (secondary N) is 1. The molecule has 0 heterocycles. The van der Waals surface area contributed by atoms with Crippen LogP contribution in [0.1, 0.15) is 43.6 Å². The zero-order chi connectivity index (χ0) is 16.6. The Bertz CT molecular complexity index is 664. The average molecular weight is 316 g/mol. The molecule has 0 fully saturated rings. The van der Waals surface area contributed by atoms with Crippen molar-refractivity contribution in [2.24, 2.45) is 10.6 Å². The Morgan fingerprint density at radius 1 is 1.33 bits per heavy atom. The van der Waals surface area contributed by atoms with E-state index < -0.39 is 21.7 Å². The smallest absolute Gasteiger partial charge is 0.254 e. The number of amides is 1. The van der Waals surface area contributed by atoms with Gasteiger partial charge in [-0.2, -0.15) is 0 Å². The minimum atomic E-state index is -4.01. The minimum absolute atomic E-state index is 0.162. The summed E-state index contributed by atoms with van der Waals surface area (Å²) in [7, 11) is -4.01. The summed E-state index contributed by atoms with van der Waals surface area (Å²) in [5.41, 5.74) is -0.379. The highest BCUT2D eigenvalue weighted by Crippen LogP contribution is 2.22. The second-order valence-corrected chi connectivity index (χ2v) is 7.73. The van der Waals surface area contributed by atoms with Gasteiger partial charge in [0, 0.05) is 6.04 Å². The number of carbonyl (C=O) groups is 1. The Labute approximate surface area is 124 Å². The molecular formula is C14H21FN2O3S. The number of primary sulfonamides is 1. The van der Waals surface area contributed by atoms with E-state index in [0.29, 0.717) is 0 Å². The van der Waals surface area contributed by atoms with Crippen LogP contribution in [0.3, 0.4) is 0 Å². The highest BCUT2D eigenvalue weighted by Gasteiger charge is 2.25. The summed E-state index contributed by atoms with van der Waals surface area (Å²) < 4.78 is 36.8. The van der Waals surface area contributed by atoms with E-state index in [-0.39, 0.29) is 27.5 Å². The molecule has 0 aromatic heterocycles. The molecule has 1 aromatic carbocycles. The predicted octanol–water partition coefficient (Wildman–Crippen LogP) is 1.95. The third kappa shape index (κ3) is 4.25. The predicted molar refractivity (Wildman–Crippen MR) is 78.9 cm³/mol. The van der Waals surface area contributed by atoms with Crippen LogP contribution in [0.25, 0.3) is 0 Å². The fourth-order valence-corrected chi connectivity index (χ4v) is 2.41. The number of rotatable bonds is 3. The van der Waals surface area contributed by atoms with Gasteiger partial charge in [0.1, 0.15) is 5.82 Å². The lowest BCUT2D eigenvalue weighted by Gasteiger charge is -2.28. The zero-order valence-corrected chi connectivity index (χ0v) is 13.6. The first-order chi connectivity index (χ1) is 9.34. The molecule has 1 atom stereocenters. The summed E-state index contributed by atoms with van der Waals surface area (Å²) in [6.07, 6.45) is 0.